The molecule has 2 heterocycles. The molecule has 0 unspecified atom stereocenters. The first-order valence-electron chi connectivity index (χ1n) is 5.28. The number of carbonyl (C=O) groups excluding carboxylic acids is 1. The molecule has 90 valence electrons. The van der Waals surface area contributed by atoms with E-state index in [1.807, 2.05) is 6.92 Å². The van der Waals surface area contributed by atoms with Crippen molar-refractivity contribution in [2.75, 3.05) is 19.3 Å². The van der Waals surface area contributed by atoms with Gasteiger partial charge in [0, 0.05) is 13.6 Å². The highest BCUT2D eigenvalue weighted by atomic mass is 16.2. The average Bonchev–Trinajstić information content (AvgIpc) is 2.73. The number of likely N-dealkylation sites (N-methyl/N-ethyl adjacent to an activating group) is 1. The lowest BCUT2D eigenvalue weighted by molar-refractivity contribution is -0.130. The van der Waals surface area contributed by atoms with E-state index in [0.717, 1.165) is 0 Å². The molecule has 2 N–H and O–H groups in total. The van der Waals surface area contributed by atoms with Crippen LogP contribution in [0.4, 0.5) is 5.82 Å². The Morgan fingerprint density at radius 1 is 1.47 bits per heavy atom. The molecule has 0 aromatic carbocycles. The first kappa shape index (κ1) is 11.3. The van der Waals surface area contributed by atoms with Gasteiger partial charge in [0.2, 0.25) is 5.91 Å². The van der Waals surface area contributed by atoms with Gasteiger partial charge in [-0.05, 0) is 6.92 Å². The van der Waals surface area contributed by atoms with Gasteiger partial charge in [-0.25, -0.2) is 15.0 Å². The molecule has 0 fully saturated rings. The lowest BCUT2D eigenvalue weighted by Gasteiger charge is -2.14. The number of nitrogens with zero attached hydrogens (tertiary/aromatic N) is 5. The van der Waals surface area contributed by atoms with E-state index >= 15 is 0 Å². The third kappa shape index (κ3) is 2.03. The Kier molecular flexibility index (Phi) is 2.90. The van der Waals surface area contributed by atoms with Gasteiger partial charge in [-0.15, -0.1) is 0 Å². The molecule has 0 aliphatic heterocycles. The Hall–Kier alpha value is -2.18. The largest absolute Gasteiger partial charge is 0.382 e. The van der Waals surface area contributed by atoms with Gasteiger partial charge in [0.1, 0.15) is 18.4 Å². The van der Waals surface area contributed by atoms with E-state index in [2.05, 4.69) is 15.0 Å². The number of fused-ring (bicyclic) bond motifs is 1. The molecule has 0 bridgehead atoms. The molecule has 0 aliphatic rings. The summed E-state index contributed by atoms with van der Waals surface area (Å²) < 4.78 is 1.67. The molecule has 0 saturated carbocycles. The van der Waals surface area contributed by atoms with Crippen molar-refractivity contribution in [1.29, 1.82) is 0 Å². The Morgan fingerprint density at radius 2 is 2.24 bits per heavy atom. The Balaban J connectivity index is 2.31. The van der Waals surface area contributed by atoms with E-state index in [9.17, 15) is 4.79 Å². The minimum atomic E-state index is 0.00369. The number of hydrogen-bond acceptors (Lipinski definition) is 5. The van der Waals surface area contributed by atoms with Crippen LogP contribution in [0.3, 0.4) is 0 Å². The molecule has 0 spiro atoms. The summed E-state index contributed by atoms with van der Waals surface area (Å²) in [5, 5.41) is 0. The highest BCUT2D eigenvalue weighted by molar-refractivity contribution is 5.83. The quantitative estimate of drug-likeness (QED) is 0.800. The summed E-state index contributed by atoms with van der Waals surface area (Å²) in [6.45, 7) is 2.80. The second-order valence-electron chi connectivity index (χ2n) is 3.71. The molecule has 7 heteroatoms. The number of carbonyl (C=O) groups is 1. The van der Waals surface area contributed by atoms with Crippen molar-refractivity contribution in [3.8, 4) is 0 Å². The number of rotatable bonds is 3. The second kappa shape index (κ2) is 4.36. The molecular formula is C10H14N6O. The number of hydrogen-bond donors (Lipinski definition) is 1. The van der Waals surface area contributed by atoms with E-state index < -0.39 is 0 Å². The molecule has 7 nitrogen and oxygen atoms in total. The fraction of sp³-hybridized carbons (Fsp3) is 0.400. The third-order valence-electron chi connectivity index (χ3n) is 2.64. The minimum Gasteiger partial charge on any atom is -0.382 e. The monoisotopic (exact) mass is 234 g/mol. The SMILES string of the molecule is CCN(C)C(=O)Cn1cnc2c(N)ncnc21. The summed E-state index contributed by atoms with van der Waals surface area (Å²) >= 11 is 0. The highest BCUT2D eigenvalue weighted by Gasteiger charge is 2.12. The van der Waals surface area contributed by atoms with Crippen LogP contribution < -0.4 is 5.73 Å². The Labute approximate surface area is 98.3 Å². The van der Waals surface area contributed by atoms with Crippen LogP contribution >= 0.6 is 0 Å². The van der Waals surface area contributed by atoms with Crippen LogP contribution in [0.5, 0.6) is 0 Å². The maximum Gasteiger partial charge on any atom is 0.242 e. The molecule has 0 radical (unpaired) electrons. The Bertz CT molecular complexity index is 549. The molecular weight excluding hydrogens is 220 g/mol. The lowest BCUT2D eigenvalue weighted by atomic mass is 10.4. The van der Waals surface area contributed by atoms with Gasteiger partial charge < -0.3 is 15.2 Å². The zero-order valence-corrected chi connectivity index (χ0v) is 9.79. The molecule has 2 aromatic rings. The van der Waals surface area contributed by atoms with Gasteiger partial charge in [-0.3, -0.25) is 4.79 Å². The third-order valence-corrected chi connectivity index (χ3v) is 2.64. The number of imidazole rings is 1. The molecule has 0 aliphatic carbocycles. The number of aromatic nitrogens is 4. The maximum atomic E-state index is 11.8. The van der Waals surface area contributed by atoms with Gasteiger partial charge >= 0.3 is 0 Å². The van der Waals surface area contributed by atoms with Gasteiger partial charge in [0.05, 0.1) is 6.33 Å². The van der Waals surface area contributed by atoms with Crippen LogP contribution in [-0.2, 0) is 11.3 Å². The maximum absolute atomic E-state index is 11.8. The summed E-state index contributed by atoms with van der Waals surface area (Å²) in [6.07, 6.45) is 2.92. The Morgan fingerprint density at radius 3 is 2.94 bits per heavy atom. The normalized spacial score (nSPS) is 10.7. The predicted molar refractivity (Wildman–Crippen MR) is 63.0 cm³/mol. The van der Waals surface area contributed by atoms with E-state index in [1.165, 1.54) is 6.33 Å². The van der Waals surface area contributed by atoms with E-state index in [1.54, 1.807) is 22.8 Å². The van der Waals surface area contributed by atoms with Crippen molar-refractivity contribution in [1.82, 2.24) is 24.4 Å². The fourth-order valence-corrected chi connectivity index (χ4v) is 1.46. The highest BCUT2D eigenvalue weighted by Crippen LogP contribution is 2.13. The molecule has 0 saturated heterocycles. The zero-order chi connectivity index (χ0) is 12.4. The lowest BCUT2D eigenvalue weighted by Crippen LogP contribution is -2.29. The van der Waals surface area contributed by atoms with Crippen LogP contribution in [0.25, 0.3) is 11.2 Å². The van der Waals surface area contributed by atoms with Gasteiger partial charge in [-0.1, -0.05) is 0 Å². The van der Waals surface area contributed by atoms with Crippen LogP contribution in [-0.4, -0.2) is 43.9 Å². The number of nitrogens with two attached hydrogens (primary N) is 1. The summed E-state index contributed by atoms with van der Waals surface area (Å²) in [5.74, 6) is 0.328. The smallest absolute Gasteiger partial charge is 0.242 e. The topological polar surface area (TPSA) is 89.9 Å². The summed E-state index contributed by atoms with van der Waals surface area (Å²) in [4.78, 5) is 25.4. The summed E-state index contributed by atoms with van der Waals surface area (Å²) in [7, 11) is 1.75. The van der Waals surface area contributed by atoms with Gasteiger partial charge in [0.25, 0.3) is 0 Å². The first-order valence-corrected chi connectivity index (χ1v) is 5.28. The summed E-state index contributed by atoms with van der Waals surface area (Å²) in [5.41, 5.74) is 6.77. The van der Waals surface area contributed by atoms with E-state index in [4.69, 9.17) is 5.73 Å². The molecule has 1 amide bonds. The van der Waals surface area contributed by atoms with E-state index in [-0.39, 0.29) is 12.5 Å². The zero-order valence-electron chi connectivity index (χ0n) is 9.79. The van der Waals surface area contributed by atoms with Crippen molar-refractivity contribution in [2.24, 2.45) is 0 Å². The number of anilines is 1. The van der Waals surface area contributed by atoms with Crippen molar-refractivity contribution in [3.63, 3.8) is 0 Å². The van der Waals surface area contributed by atoms with Crippen molar-refractivity contribution in [3.05, 3.63) is 12.7 Å². The molecule has 2 rings (SSSR count). The standard InChI is InChI=1S/C10H14N6O/c1-3-15(2)7(17)4-16-6-14-8-9(11)12-5-13-10(8)16/h5-6H,3-4H2,1-2H3,(H2,11,12,13). The fourth-order valence-electron chi connectivity index (χ4n) is 1.46. The van der Waals surface area contributed by atoms with Crippen LogP contribution in [0.1, 0.15) is 6.92 Å². The van der Waals surface area contributed by atoms with Gasteiger partial charge in [-0.2, -0.15) is 0 Å². The van der Waals surface area contributed by atoms with E-state index in [0.29, 0.717) is 23.5 Å². The number of nitrogen functional groups attached to an aromatic ring is 1. The molecule has 2 aromatic heterocycles. The number of amides is 1. The summed E-state index contributed by atoms with van der Waals surface area (Å²) in [6, 6.07) is 0. The van der Waals surface area contributed by atoms with Crippen molar-refractivity contribution in [2.45, 2.75) is 13.5 Å². The molecule has 17 heavy (non-hydrogen) atoms. The molecule has 0 atom stereocenters. The average molecular weight is 234 g/mol. The van der Waals surface area contributed by atoms with Gasteiger partial charge in [0.15, 0.2) is 11.5 Å². The first-order chi connectivity index (χ1) is 8.13. The van der Waals surface area contributed by atoms with Crippen LogP contribution in [0.15, 0.2) is 12.7 Å². The minimum absolute atomic E-state index is 0.00369. The van der Waals surface area contributed by atoms with Crippen molar-refractivity contribution >= 4 is 22.9 Å². The predicted octanol–water partition coefficient (Wildman–Crippen LogP) is -0.113. The van der Waals surface area contributed by atoms with Crippen LogP contribution in [0, 0.1) is 0 Å². The second-order valence-corrected chi connectivity index (χ2v) is 3.71. The van der Waals surface area contributed by atoms with Crippen molar-refractivity contribution < 1.29 is 4.79 Å². The van der Waals surface area contributed by atoms with Crippen LogP contribution in [0.2, 0.25) is 0 Å².